The summed E-state index contributed by atoms with van der Waals surface area (Å²) in [5.74, 6) is -0.794. The van der Waals surface area contributed by atoms with Gasteiger partial charge in [0.05, 0.1) is 10.6 Å². The number of nitrogens with one attached hydrogen (secondary N) is 1. The Labute approximate surface area is 287 Å². The van der Waals surface area contributed by atoms with Gasteiger partial charge in [-0.3, -0.25) is 13.9 Å². The number of nitrogens with zero attached hydrogens (tertiary/aromatic N) is 2. The minimum absolute atomic E-state index is 0.00543. The van der Waals surface area contributed by atoms with Crippen LogP contribution in [0.2, 0.25) is 10.0 Å². The van der Waals surface area contributed by atoms with Crippen molar-refractivity contribution in [1.29, 1.82) is 0 Å². The maximum atomic E-state index is 14.7. The summed E-state index contributed by atoms with van der Waals surface area (Å²) in [6.07, 6.45) is 4.08. The third-order valence-electron chi connectivity index (χ3n) is 8.67. The van der Waals surface area contributed by atoms with E-state index in [1.165, 1.54) is 29.2 Å². The van der Waals surface area contributed by atoms with Crippen LogP contribution in [0.1, 0.15) is 47.9 Å². The third kappa shape index (κ3) is 8.74. The SMILES string of the molecule is Cc1ccc(N(CC(=O)N(Cc2cccc(Cl)c2)[C@H](Cc2ccccc2)C(=O)NC2CCCC2)S(=O)(=O)c2ccc(Cl)cc2)cc1C. The second-order valence-electron chi connectivity index (χ2n) is 12.1. The van der Waals surface area contributed by atoms with Crippen LogP contribution in [0.5, 0.6) is 0 Å². The van der Waals surface area contributed by atoms with Crippen LogP contribution in [0.4, 0.5) is 5.69 Å². The lowest BCUT2D eigenvalue weighted by Gasteiger charge is -2.34. The van der Waals surface area contributed by atoms with Gasteiger partial charge in [-0.05, 0) is 97.5 Å². The lowest BCUT2D eigenvalue weighted by atomic mass is 10.0. The van der Waals surface area contributed by atoms with Gasteiger partial charge in [0.15, 0.2) is 0 Å². The molecule has 0 spiro atoms. The number of anilines is 1. The van der Waals surface area contributed by atoms with Crippen molar-refractivity contribution in [2.24, 2.45) is 0 Å². The summed E-state index contributed by atoms with van der Waals surface area (Å²) in [7, 11) is -4.23. The molecule has 5 rings (SSSR count). The second kappa shape index (κ2) is 15.4. The average Bonchev–Trinajstić information content (AvgIpc) is 3.56. The summed E-state index contributed by atoms with van der Waals surface area (Å²) in [6, 6.07) is 26.9. The number of aryl methyl sites for hydroxylation is 2. The van der Waals surface area contributed by atoms with Gasteiger partial charge >= 0.3 is 0 Å². The number of sulfonamides is 1. The molecule has 1 aliphatic rings. The fourth-order valence-electron chi connectivity index (χ4n) is 5.90. The molecule has 4 aromatic carbocycles. The molecule has 0 heterocycles. The molecule has 0 unspecified atom stereocenters. The Bertz CT molecular complexity index is 1810. The quantitative estimate of drug-likeness (QED) is 0.167. The van der Waals surface area contributed by atoms with Crippen LogP contribution in [-0.4, -0.2) is 43.8 Å². The molecule has 1 aliphatic carbocycles. The van der Waals surface area contributed by atoms with Gasteiger partial charge in [-0.2, -0.15) is 0 Å². The van der Waals surface area contributed by atoms with Crippen LogP contribution in [0.3, 0.4) is 0 Å². The Kier molecular flexibility index (Phi) is 11.3. The average molecular weight is 693 g/mol. The molecule has 0 radical (unpaired) electrons. The first kappa shape index (κ1) is 34.5. The number of carbonyl (C=O) groups excluding carboxylic acids is 2. The van der Waals surface area contributed by atoms with Crippen molar-refractivity contribution >= 4 is 50.7 Å². The largest absolute Gasteiger partial charge is 0.352 e. The van der Waals surface area contributed by atoms with Crippen molar-refractivity contribution in [2.45, 2.75) is 69.5 Å². The molecule has 0 bridgehead atoms. The van der Waals surface area contributed by atoms with E-state index in [2.05, 4.69) is 5.32 Å². The van der Waals surface area contributed by atoms with Gasteiger partial charge in [-0.25, -0.2) is 8.42 Å². The molecule has 7 nitrogen and oxygen atoms in total. The Morgan fingerprint density at radius 1 is 0.809 bits per heavy atom. The number of benzene rings is 4. The molecule has 4 aromatic rings. The van der Waals surface area contributed by atoms with E-state index in [4.69, 9.17) is 23.2 Å². The first-order valence-corrected chi connectivity index (χ1v) is 17.9. The predicted octanol–water partition coefficient (Wildman–Crippen LogP) is 7.50. The van der Waals surface area contributed by atoms with Gasteiger partial charge in [0.25, 0.3) is 10.0 Å². The van der Waals surface area contributed by atoms with Gasteiger partial charge in [0, 0.05) is 29.1 Å². The highest BCUT2D eigenvalue weighted by Gasteiger charge is 2.35. The number of rotatable bonds is 12. The number of halogens is 2. The van der Waals surface area contributed by atoms with Crippen LogP contribution >= 0.6 is 23.2 Å². The van der Waals surface area contributed by atoms with Crippen molar-refractivity contribution < 1.29 is 18.0 Å². The molecule has 10 heteroatoms. The van der Waals surface area contributed by atoms with E-state index in [9.17, 15) is 18.0 Å². The van der Waals surface area contributed by atoms with Crippen LogP contribution in [0.25, 0.3) is 0 Å². The highest BCUT2D eigenvalue weighted by molar-refractivity contribution is 7.92. The fraction of sp³-hybridized carbons (Fsp3) is 0.297. The molecule has 1 atom stereocenters. The van der Waals surface area contributed by atoms with E-state index in [-0.39, 0.29) is 29.8 Å². The molecular formula is C37H39Cl2N3O4S. The smallest absolute Gasteiger partial charge is 0.264 e. The molecule has 0 aliphatic heterocycles. The van der Waals surface area contributed by atoms with E-state index in [0.717, 1.165) is 52.2 Å². The normalized spacial score (nSPS) is 14.0. The number of hydrogen-bond acceptors (Lipinski definition) is 4. The predicted molar refractivity (Wildman–Crippen MR) is 188 cm³/mol. The van der Waals surface area contributed by atoms with Gasteiger partial charge in [-0.1, -0.05) is 84.6 Å². The monoisotopic (exact) mass is 691 g/mol. The summed E-state index contributed by atoms with van der Waals surface area (Å²) < 4.78 is 29.6. The summed E-state index contributed by atoms with van der Waals surface area (Å²) in [5.41, 5.74) is 3.80. The third-order valence-corrected chi connectivity index (χ3v) is 10.9. The first-order valence-electron chi connectivity index (χ1n) is 15.7. The Morgan fingerprint density at radius 3 is 2.15 bits per heavy atom. The zero-order chi connectivity index (χ0) is 33.6. The first-order chi connectivity index (χ1) is 22.5. The molecule has 246 valence electrons. The summed E-state index contributed by atoms with van der Waals surface area (Å²) >= 11 is 12.4. The van der Waals surface area contributed by atoms with E-state index in [1.54, 1.807) is 30.3 Å². The van der Waals surface area contributed by atoms with Gasteiger partial charge in [0.1, 0.15) is 12.6 Å². The summed E-state index contributed by atoms with van der Waals surface area (Å²) in [6.45, 7) is 3.35. The van der Waals surface area contributed by atoms with Crippen LogP contribution in [0.15, 0.2) is 102 Å². The Morgan fingerprint density at radius 2 is 1.49 bits per heavy atom. The highest BCUT2D eigenvalue weighted by atomic mass is 35.5. The molecule has 2 amide bonds. The lowest BCUT2D eigenvalue weighted by molar-refractivity contribution is -0.140. The van der Waals surface area contributed by atoms with Gasteiger partial charge in [-0.15, -0.1) is 0 Å². The van der Waals surface area contributed by atoms with E-state index in [0.29, 0.717) is 15.7 Å². The molecule has 1 fully saturated rings. The van der Waals surface area contributed by atoms with Crippen molar-refractivity contribution in [3.05, 3.63) is 129 Å². The molecule has 1 N–H and O–H groups in total. The van der Waals surface area contributed by atoms with Crippen LogP contribution in [0, 0.1) is 13.8 Å². The van der Waals surface area contributed by atoms with Gasteiger partial charge in [0.2, 0.25) is 11.8 Å². The fourth-order valence-corrected chi connectivity index (χ4v) is 7.64. The van der Waals surface area contributed by atoms with Crippen LogP contribution < -0.4 is 9.62 Å². The maximum Gasteiger partial charge on any atom is 0.264 e. The Hall–Kier alpha value is -3.85. The minimum atomic E-state index is -4.23. The summed E-state index contributed by atoms with van der Waals surface area (Å²) in [5, 5.41) is 4.07. The zero-order valence-corrected chi connectivity index (χ0v) is 28.9. The molecular weight excluding hydrogens is 653 g/mol. The lowest BCUT2D eigenvalue weighted by Crippen LogP contribution is -2.54. The van der Waals surface area contributed by atoms with Crippen molar-refractivity contribution in [2.75, 3.05) is 10.8 Å². The van der Waals surface area contributed by atoms with E-state index in [1.807, 2.05) is 56.3 Å². The van der Waals surface area contributed by atoms with E-state index < -0.39 is 28.5 Å². The highest BCUT2D eigenvalue weighted by Crippen LogP contribution is 2.28. The zero-order valence-electron chi connectivity index (χ0n) is 26.5. The topological polar surface area (TPSA) is 86.8 Å². The summed E-state index contributed by atoms with van der Waals surface area (Å²) in [4.78, 5) is 30.3. The minimum Gasteiger partial charge on any atom is -0.352 e. The van der Waals surface area contributed by atoms with Crippen molar-refractivity contribution in [1.82, 2.24) is 10.2 Å². The van der Waals surface area contributed by atoms with Crippen molar-refractivity contribution in [3.8, 4) is 0 Å². The van der Waals surface area contributed by atoms with Crippen LogP contribution in [-0.2, 0) is 32.6 Å². The molecule has 1 saturated carbocycles. The Balaban J connectivity index is 1.58. The van der Waals surface area contributed by atoms with Gasteiger partial charge < -0.3 is 10.2 Å². The van der Waals surface area contributed by atoms with Crippen molar-refractivity contribution in [3.63, 3.8) is 0 Å². The number of hydrogen-bond donors (Lipinski definition) is 1. The second-order valence-corrected chi connectivity index (χ2v) is 14.8. The molecule has 0 saturated heterocycles. The standard InChI is InChI=1S/C37H39Cl2N3O4S/c1-26-15-18-33(21-27(26)2)42(47(45,46)34-19-16-30(38)17-20-34)25-36(43)41(24-29-11-8-12-31(39)22-29)35(23-28-9-4-3-5-10-28)37(44)40-32-13-6-7-14-32/h3-5,8-12,15-22,32,35H,6-7,13-14,23-25H2,1-2H3,(H,40,44)/t35-/m1/s1. The molecule has 47 heavy (non-hydrogen) atoms. The number of carbonyl (C=O) groups is 2. The molecule has 0 aromatic heterocycles. The maximum absolute atomic E-state index is 14.7. The number of amides is 2. The van der Waals surface area contributed by atoms with E-state index >= 15 is 0 Å².